The van der Waals surface area contributed by atoms with Crippen molar-refractivity contribution in [1.29, 1.82) is 0 Å². The zero-order valence-corrected chi connectivity index (χ0v) is 18.4. The minimum atomic E-state index is -0.740. The van der Waals surface area contributed by atoms with Gasteiger partial charge in [0.15, 0.2) is 16.9 Å². The molecule has 1 aliphatic rings. The normalized spacial score (nSPS) is 15.3. The van der Waals surface area contributed by atoms with E-state index < -0.39 is 11.9 Å². The van der Waals surface area contributed by atoms with Crippen molar-refractivity contribution in [1.82, 2.24) is 10.2 Å². The van der Waals surface area contributed by atoms with E-state index in [2.05, 4.69) is 10.2 Å². The van der Waals surface area contributed by atoms with Gasteiger partial charge in [-0.3, -0.25) is 14.5 Å². The molecule has 3 heterocycles. The first-order valence-electron chi connectivity index (χ1n) is 10.0. The Kier molecular flexibility index (Phi) is 4.90. The van der Waals surface area contributed by atoms with Crippen molar-refractivity contribution in [2.75, 3.05) is 18.6 Å². The van der Waals surface area contributed by atoms with Crippen LogP contribution in [-0.2, 0) is 0 Å². The lowest BCUT2D eigenvalue weighted by Gasteiger charge is -2.23. The largest absolute Gasteiger partial charge is 0.493 e. The summed E-state index contributed by atoms with van der Waals surface area (Å²) in [5, 5.41) is 9.74. The van der Waals surface area contributed by atoms with Gasteiger partial charge in [-0.2, -0.15) is 0 Å². The Hall–Kier alpha value is -3.72. The van der Waals surface area contributed by atoms with Crippen LogP contribution in [0.15, 0.2) is 51.7 Å². The van der Waals surface area contributed by atoms with E-state index in [9.17, 15) is 9.59 Å². The second kappa shape index (κ2) is 7.76. The number of aromatic nitrogens is 2. The van der Waals surface area contributed by atoms with Gasteiger partial charge in [0.1, 0.15) is 10.6 Å². The lowest BCUT2D eigenvalue weighted by Crippen LogP contribution is -2.29. The number of amides is 1. The molecule has 1 amide bonds. The van der Waals surface area contributed by atoms with Crippen molar-refractivity contribution in [2.45, 2.75) is 19.9 Å². The zero-order chi connectivity index (χ0) is 22.4. The maximum Gasteiger partial charge on any atom is 0.297 e. The molecule has 2 aromatic heterocycles. The van der Waals surface area contributed by atoms with Crippen molar-refractivity contribution in [2.24, 2.45) is 0 Å². The molecular formula is C23H19N3O5S. The molecule has 4 aromatic rings. The smallest absolute Gasteiger partial charge is 0.297 e. The van der Waals surface area contributed by atoms with E-state index in [1.165, 1.54) is 16.2 Å². The van der Waals surface area contributed by atoms with Crippen LogP contribution in [0.5, 0.6) is 11.5 Å². The van der Waals surface area contributed by atoms with Gasteiger partial charge >= 0.3 is 0 Å². The van der Waals surface area contributed by atoms with E-state index in [0.717, 1.165) is 0 Å². The lowest BCUT2D eigenvalue weighted by atomic mass is 9.98. The Labute approximate surface area is 187 Å². The summed E-state index contributed by atoms with van der Waals surface area (Å²) in [5.74, 6) is 0.659. The minimum absolute atomic E-state index is 0.0133. The molecule has 2 aromatic carbocycles. The van der Waals surface area contributed by atoms with E-state index in [1.807, 2.05) is 19.9 Å². The van der Waals surface area contributed by atoms with E-state index in [0.29, 0.717) is 44.8 Å². The van der Waals surface area contributed by atoms with Gasteiger partial charge in [-0.05, 0) is 43.7 Å². The molecule has 0 bridgehead atoms. The van der Waals surface area contributed by atoms with E-state index in [-0.39, 0.29) is 16.8 Å². The summed E-state index contributed by atoms with van der Waals surface area (Å²) in [4.78, 5) is 28.5. The van der Waals surface area contributed by atoms with Gasteiger partial charge in [0, 0.05) is 0 Å². The molecule has 0 spiro atoms. The highest BCUT2D eigenvalue weighted by Gasteiger charge is 2.45. The van der Waals surface area contributed by atoms with Crippen LogP contribution in [0.2, 0.25) is 0 Å². The summed E-state index contributed by atoms with van der Waals surface area (Å²) < 4.78 is 17.1. The fourth-order valence-corrected chi connectivity index (χ4v) is 4.66. The third-order valence-electron chi connectivity index (χ3n) is 5.30. The molecule has 0 radical (unpaired) electrons. The summed E-state index contributed by atoms with van der Waals surface area (Å²) in [7, 11) is 1.54. The van der Waals surface area contributed by atoms with Gasteiger partial charge in [0.25, 0.3) is 5.91 Å². The van der Waals surface area contributed by atoms with Crippen LogP contribution >= 0.6 is 11.3 Å². The van der Waals surface area contributed by atoms with Gasteiger partial charge in [-0.25, -0.2) is 0 Å². The van der Waals surface area contributed by atoms with Crippen molar-refractivity contribution in [3.8, 4) is 11.5 Å². The summed E-state index contributed by atoms with van der Waals surface area (Å²) in [6.07, 6.45) is 0. The van der Waals surface area contributed by atoms with Gasteiger partial charge in [-0.15, -0.1) is 10.2 Å². The number of para-hydroxylation sites is 1. The van der Waals surface area contributed by atoms with Crippen molar-refractivity contribution in [3.63, 3.8) is 0 Å². The zero-order valence-electron chi connectivity index (χ0n) is 17.6. The second-order valence-corrected chi connectivity index (χ2v) is 8.35. The van der Waals surface area contributed by atoms with Crippen molar-refractivity contribution < 1.29 is 18.7 Å². The molecule has 0 N–H and O–H groups in total. The number of fused-ring (bicyclic) bond motifs is 2. The number of methoxy groups -OCH3 is 1. The van der Waals surface area contributed by atoms with Crippen LogP contribution in [0.25, 0.3) is 11.0 Å². The third-order valence-corrected chi connectivity index (χ3v) is 6.14. The molecule has 1 atom stereocenters. The fourth-order valence-electron chi connectivity index (χ4n) is 3.94. The SMILES string of the molecule is CCOc1ccc([C@@H]2c3c(oc4ccccc4c3=O)C(=O)N2c2nnc(C)s2)cc1OC. The van der Waals surface area contributed by atoms with Crippen LogP contribution in [0, 0.1) is 6.92 Å². The van der Waals surface area contributed by atoms with E-state index in [4.69, 9.17) is 13.9 Å². The molecule has 0 saturated heterocycles. The molecule has 8 nitrogen and oxygen atoms in total. The Morgan fingerprint density at radius 3 is 2.66 bits per heavy atom. The first kappa shape index (κ1) is 20.2. The average molecular weight is 449 g/mol. The highest BCUT2D eigenvalue weighted by atomic mass is 32.1. The Morgan fingerprint density at radius 1 is 1.12 bits per heavy atom. The molecule has 1 aliphatic heterocycles. The van der Waals surface area contributed by atoms with E-state index in [1.54, 1.807) is 43.5 Å². The number of ether oxygens (including phenoxy) is 2. The number of anilines is 1. The molecule has 9 heteroatoms. The second-order valence-electron chi connectivity index (χ2n) is 7.19. The van der Waals surface area contributed by atoms with Crippen molar-refractivity contribution >= 4 is 33.3 Å². The third kappa shape index (κ3) is 3.04. The van der Waals surface area contributed by atoms with Gasteiger partial charge in [0.05, 0.1) is 30.7 Å². The predicted molar refractivity (Wildman–Crippen MR) is 120 cm³/mol. The maximum absolute atomic E-state index is 13.5. The fraction of sp³-hybridized carbons (Fsp3) is 0.217. The van der Waals surface area contributed by atoms with Gasteiger partial charge < -0.3 is 13.9 Å². The topological polar surface area (TPSA) is 94.8 Å². The molecule has 0 fully saturated rings. The predicted octanol–water partition coefficient (Wildman–Crippen LogP) is 4.11. The summed E-state index contributed by atoms with van der Waals surface area (Å²) >= 11 is 1.27. The van der Waals surface area contributed by atoms with E-state index >= 15 is 0 Å². The number of carbonyl (C=O) groups is 1. The standard InChI is InChI=1S/C23H19N3O5S/c1-4-30-16-10-9-13(11-17(16)29-3)19-18-20(27)14-7-5-6-8-15(14)31-21(18)22(28)26(19)23-25-24-12(2)32-23/h5-11,19H,4H2,1-3H3/t19-/m1/s1. The van der Waals surface area contributed by atoms with Crippen LogP contribution in [0.4, 0.5) is 5.13 Å². The summed E-state index contributed by atoms with van der Waals surface area (Å²) in [6, 6.07) is 11.5. The van der Waals surface area contributed by atoms with Crippen LogP contribution in [0.3, 0.4) is 0 Å². The van der Waals surface area contributed by atoms with Crippen LogP contribution < -0.4 is 19.8 Å². The first-order chi connectivity index (χ1) is 15.5. The van der Waals surface area contributed by atoms with Gasteiger partial charge in [0.2, 0.25) is 10.9 Å². The first-order valence-corrected chi connectivity index (χ1v) is 10.8. The van der Waals surface area contributed by atoms with Crippen LogP contribution in [0.1, 0.15) is 39.7 Å². The highest BCUT2D eigenvalue weighted by molar-refractivity contribution is 7.15. The Bertz CT molecular complexity index is 1410. The number of hydrogen-bond donors (Lipinski definition) is 0. The molecule has 0 saturated carbocycles. The maximum atomic E-state index is 13.5. The molecule has 0 unspecified atom stereocenters. The molecule has 0 aliphatic carbocycles. The van der Waals surface area contributed by atoms with Crippen molar-refractivity contribution in [3.05, 3.63) is 74.6 Å². The number of hydrogen-bond acceptors (Lipinski definition) is 8. The number of benzene rings is 2. The van der Waals surface area contributed by atoms with Crippen LogP contribution in [-0.4, -0.2) is 29.8 Å². The molecule has 5 rings (SSSR count). The Balaban J connectivity index is 1.78. The minimum Gasteiger partial charge on any atom is -0.493 e. The van der Waals surface area contributed by atoms with Gasteiger partial charge in [-0.1, -0.05) is 29.5 Å². The average Bonchev–Trinajstić information content (AvgIpc) is 3.35. The quantitative estimate of drug-likeness (QED) is 0.452. The number of nitrogens with zero attached hydrogens (tertiary/aromatic N) is 3. The summed E-state index contributed by atoms with van der Waals surface area (Å²) in [6.45, 7) is 4.17. The lowest BCUT2D eigenvalue weighted by molar-refractivity contribution is 0.0970. The molecule has 162 valence electrons. The molecular weight excluding hydrogens is 430 g/mol. The molecule has 32 heavy (non-hydrogen) atoms. The Morgan fingerprint density at radius 2 is 1.94 bits per heavy atom. The monoisotopic (exact) mass is 449 g/mol. The summed E-state index contributed by atoms with van der Waals surface area (Å²) in [5.41, 5.74) is 1.06. The number of rotatable bonds is 5. The highest BCUT2D eigenvalue weighted by Crippen LogP contribution is 2.43. The number of carbonyl (C=O) groups excluding carboxylic acids is 1. The number of aryl methyl sites for hydroxylation is 1.